The molecule has 0 radical (unpaired) electrons. The zero-order valence-corrected chi connectivity index (χ0v) is 13.0. The van der Waals surface area contributed by atoms with Gasteiger partial charge >= 0.3 is 6.18 Å². The van der Waals surface area contributed by atoms with E-state index in [1.54, 1.807) is 6.07 Å². The molecule has 1 aromatic carbocycles. The average molecular weight is 335 g/mol. The molecule has 1 aromatic heterocycles. The quantitative estimate of drug-likeness (QED) is 0.851. The second-order valence-electron chi connectivity index (χ2n) is 5.99. The van der Waals surface area contributed by atoms with E-state index < -0.39 is 17.3 Å². The summed E-state index contributed by atoms with van der Waals surface area (Å²) in [5, 5.41) is 3.15. The lowest BCUT2D eigenvalue weighted by Gasteiger charge is -2.43. The molecule has 0 spiro atoms. The molecule has 0 amide bonds. The number of hydrogen-bond acceptors (Lipinski definition) is 4. The summed E-state index contributed by atoms with van der Waals surface area (Å²) < 4.78 is 38.8. The zero-order chi connectivity index (χ0) is 17.4. The maximum absolute atomic E-state index is 12.9. The first kappa shape index (κ1) is 16.4. The number of benzene rings is 1. The molecule has 2 aromatic rings. The Morgan fingerprint density at radius 1 is 1.21 bits per heavy atom. The molecule has 1 fully saturated rings. The molecule has 126 valence electrons. The summed E-state index contributed by atoms with van der Waals surface area (Å²) >= 11 is 0. The normalized spacial score (nSPS) is 16.3. The highest BCUT2D eigenvalue weighted by atomic mass is 19.4. The van der Waals surface area contributed by atoms with Crippen LogP contribution in [0.15, 0.2) is 36.7 Å². The van der Waals surface area contributed by atoms with Gasteiger partial charge in [0, 0.05) is 12.4 Å². The van der Waals surface area contributed by atoms with Gasteiger partial charge in [0.1, 0.15) is 0 Å². The number of Topliss-reactive ketones (excluding diaryl/α,β-unsaturated/α-hetero) is 1. The second kappa shape index (κ2) is 5.89. The van der Waals surface area contributed by atoms with Crippen LogP contribution in [-0.2, 0) is 11.7 Å². The largest absolute Gasteiger partial charge is 0.416 e. The summed E-state index contributed by atoms with van der Waals surface area (Å²) in [5.41, 5.74) is -0.301. The molecule has 24 heavy (non-hydrogen) atoms. The van der Waals surface area contributed by atoms with E-state index in [0.717, 1.165) is 12.5 Å². The summed E-state index contributed by atoms with van der Waals surface area (Å²) in [6.07, 6.45) is 0.764. The monoisotopic (exact) mass is 335 g/mol. The van der Waals surface area contributed by atoms with Crippen molar-refractivity contribution >= 4 is 11.7 Å². The van der Waals surface area contributed by atoms with Crippen LogP contribution in [0.1, 0.15) is 47.7 Å². The lowest BCUT2D eigenvalue weighted by atomic mass is 9.71. The van der Waals surface area contributed by atoms with E-state index in [1.807, 2.05) is 0 Å². The summed E-state index contributed by atoms with van der Waals surface area (Å²) in [6.45, 7) is 1.42. The molecule has 1 saturated carbocycles. The molecule has 0 saturated heterocycles. The Labute approximate surface area is 137 Å². The van der Waals surface area contributed by atoms with Crippen LogP contribution in [0.3, 0.4) is 0 Å². The SMILES string of the molecule is CC(=O)c1cnc(NC2(c3cccc(C(F)(F)F)c3)CCC2)nc1. The third kappa shape index (κ3) is 3.11. The number of carbonyl (C=O) groups is 1. The van der Waals surface area contributed by atoms with E-state index >= 15 is 0 Å². The molecule has 1 heterocycles. The van der Waals surface area contributed by atoms with Gasteiger partial charge in [0.25, 0.3) is 0 Å². The molecular weight excluding hydrogens is 319 g/mol. The van der Waals surface area contributed by atoms with Crippen molar-refractivity contribution in [2.24, 2.45) is 0 Å². The predicted molar refractivity (Wildman–Crippen MR) is 82.6 cm³/mol. The number of nitrogens with one attached hydrogen (secondary N) is 1. The van der Waals surface area contributed by atoms with Gasteiger partial charge in [-0.25, -0.2) is 9.97 Å². The van der Waals surface area contributed by atoms with Crippen molar-refractivity contribution in [3.63, 3.8) is 0 Å². The van der Waals surface area contributed by atoms with E-state index in [4.69, 9.17) is 0 Å². The number of nitrogens with zero attached hydrogens (tertiary/aromatic N) is 2. The van der Waals surface area contributed by atoms with Crippen LogP contribution in [0.4, 0.5) is 19.1 Å². The van der Waals surface area contributed by atoms with Crippen LogP contribution in [-0.4, -0.2) is 15.8 Å². The number of ketones is 1. The van der Waals surface area contributed by atoms with Crippen molar-refractivity contribution in [1.29, 1.82) is 0 Å². The fraction of sp³-hybridized carbons (Fsp3) is 0.353. The van der Waals surface area contributed by atoms with Crippen molar-refractivity contribution < 1.29 is 18.0 Å². The highest BCUT2D eigenvalue weighted by molar-refractivity contribution is 5.93. The Bertz CT molecular complexity index is 752. The van der Waals surface area contributed by atoms with Crippen LogP contribution >= 0.6 is 0 Å². The predicted octanol–water partition coefficient (Wildman–Crippen LogP) is 4.19. The van der Waals surface area contributed by atoms with Crippen LogP contribution in [0.5, 0.6) is 0 Å². The lowest BCUT2D eigenvalue weighted by molar-refractivity contribution is -0.137. The molecule has 4 nitrogen and oxygen atoms in total. The van der Waals surface area contributed by atoms with E-state index in [9.17, 15) is 18.0 Å². The molecule has 1 N–H and O–H groups in total. The van der Waals surface area contributed by atoms with Crippen molar-refractivity contribution in [2.75, 3.05) is 5.32 Å². The van der Waals surface area contributed by atoms with Gasteiger partial charge in [0.05, 0.1) is 16.7 Å². The molecule has 7 heteroatoms. The Morgan fingerprint density at radius 3 is 2.38 bits per heavy atom. The van der Waals surface area contributed by atoms with Gasteiger partial charge in [-0.05, 0) is 43.9 Å². The third-order valence-corrected chi connectivity index (χ3v) is 4.36. The molecule has 0 bridgehead atoms. The van der Waals surface area contributed by atoms with Crippen molar-refractivity contribution in [3.8, 4) is 0 Å². The molecule has 3 rings (SSSR count). The van der Waals surface area contributed by atoms with Gasteiger partial charge in [-0.2, -0.15) is 13.2 Å². The number of halogens is 3. The number of alkyl halides is 3. The van der Waals surface area contributed by atoms with E-state index in [0.29, 0.717) is 29.9 Å². The number of carbonyl (C=O) groups excluding carboxylic acids is 1. The summed E-state index contributed by atoms with van der Waals surface area (Å²) in [5.74, 6) is 0.162. The molecule has 1 aliphatic carbocycles. The highest BCUT2D eigenvalue weighted by Crippen LogP contribution is 2.44. The van der Waals surface area contributed by atoms with Crippen molar-refractivity contribution in [1.82, 2.24) is 9.97 Å². The highest BCUT2D eigenvalue weighted by Gasteiger charge is 2.41. The molecule has 0 aliphatic heterocycles. The van der Waals surface area contributed by atoms with Crippen LogP contribution in [0.2, 0.25) is 0 Å². The number of aromatic nitrogens is 2. The van der Waals surface area contributed by atoms with E-state index in [1.165, 1.54) is 31.5 Å². The van der Waals surface area contributed by atoms with Crippen LogP contribution < -0.4 is 5.32 Å². The van der Waals surface area contributed by atoms with Crippen molar-refractivity contribution in [2.45, 2.75) is 37.9 Å². The average Bonchev–Trinajstić information content (AvgIpc) is 2.50. The summed E-state index contributed by atoms with van der Waals surface area (Å²) in [4.78, 5) is 19.5. The second-order valence-corrected chi connectivity index (χ2v) is 5.99. The maximum Gasteiger partial charge on any atom is 0.416 e. The first-order valence-electron chi connectivity index (χ1n) is 7.59. The van der Waals surface area contributed by atoms with Gasteiger partial charge < -0.3 is 5.32 Å². The fourth-order valence-corrected chi connectivity index (χ4v) is 2.80. The standard InChI is InChI=1S/C17H16F3N3O/c1-11(24)12-9-21-15(22-10-12)23-16(6-3-7-16)13-4-2-5-14(8-13)17(18,19)20/h2,4-5,8-10H,3,6-7H2,1H3,(H,21,22,23). The Kier molecular flexibility index (Phi) is 4.03. The van der Waals surface area contributed by atoms with Gasteiger partial charge in [-0.3, -0.25) is 4.79 Å². The summed E-state index contributed by atoms with van der Waals surface area (Å²) in [6, 6.07) is 5.34. The minimum absolute atomic E-state index is 0.141. The Morgan fingerprint density at radius 2 is 1.88 bits per heavy atom. The first-order chi connectivity index (χ1) is 11.3. The molecule has 0 atom stereocenters. The zero-order valence-electron chi connectivity index (χ0n) is 13.0. The molecule has 0 unspecified atom stereocenters. The topological polar surface area (TPSA) is 54.9 Å². The minimum Gasteiger partial charge on any atom is -0.345 e. The minimum atomic E-state index is -4.37. The fourth-order valence-electron chi connectivity index (χ4n) is 2.80. The van der Waals surface area contributed by atoms with E-state index in [-0.39, 0.29) is 5.78 Å². The number of rotatable bonds is 4. The number of hydrogen-bond donors (Lipinski definition) is 1. The van der Waals surface area contributed by atoms with Crippen LogP contribution in [0.25, 0.3) is 0 Å². The van der Waals surface area contributed by atoms with Gasteiger partial charge in [0.2, 0.25) is 5.95 Å². The Balaban J connectivity index is 1.88. The van der Waals surface area contributed by atoms with E-state index in [2.05, 4.69) is 15.3 Å². The third-order valence-electron chi connectivity index (χ3n) is 4.36. The number of anilines is 1. The smallest absolute Gasteiger partial charge is 0.345 e. The lowest BCUT2D eigenvalue weighted by Crippen LogP contribution is -2.42. The molecular formula is C17H16F3N3O. The van der Waals surface area contributed by atoms with Gasteiger partial charge in [-0.1, -0.05) is 12.1 Å². The Hall–Kier alpha value is -2.44. The first-order valence-corrected chi connectivity index (χ1v) is 7.59. The van der Waals surface area contributed by atoms with Crippen LogP contribution in [0, 0.1) is 0 Å². The van der Waals surface area contributed by atoms with Gasteiger partial charge in [0.15, 0.2) is 5.78 Å². The van der Waals surface area contributed by atoms with Crippen molar-refractivity contribution in [3.05, 3.63) is 53.3 Å². The van der Waals surface area contributed by atoms with Gasteiger partial charge in [-0.15, -0.1) is 0 Å². The maximum atomic E-state index is 12.9. The summed E-state index contributed by atoms with van der Waals surface area (Å²) in [7, 11) is 0. The molecule has 1 aliphatic rings.